The van der Waals surface area contributed by atoms with Crippen LogP contribution >= 0.6 is 15.9 Å². The number of hydrogen-bond donors (Lipinski definition) is 2. The molecule has 0 aromatic heterocycles. The van der Waals surface area contributed by atoms with E-state index in [-0.39, 0.29) is 11.7 Å². The first-order chi connectivity index (χ1) is 9.99. The number of nitro groups is 1. The van der Waals surface area contributed by atoms with Gasteiger partial charge in [0.1, 0.15) is 0 Å². The van der Waals surface area contributed by atoms with Gasteiger partial charge in [0.25, 0.3) is 5.69 Å². The van der Waals surface area contributed by atoms with Crippen LogP contribution in [0.1, 0.15) is 18.5 Å². The molecule has 5 nitrogen and oxygen atoms in total. The van der Waals surface area contributed by atoms with Crippen LogP contribution in [0.25, 0.3) is 0 Å². The van der Waals surface area contributed by atoms with Gasteiger partial charge in [-0.05, 0) is 30.7 Å². The van der Waals surface area contributed by atoms with Crippen molar-refractivity contribution in [1.82, 2.24) is 0 Å². The molecule has 0 heterocycles. The lowest BCUT2D eigenvalue weighted by molar-refractivity contribution is -0.384. The van der Waals surface area contributed by atoms with Crippen LogP contribution in [0.15, 0.2) is 46.9 Å². The minimum Gasteiger partial charge on any atom is -0.388 e. The van der Waals surface area contributed by atoms with Crippen molar-refractivity contribution >= 4 is 33.0 Å². The molecule has 2 aromatic carbocycles. The molecular weight excluding hydrogens is 334 g/mol. The molecule has 0 amide bonds. The van der Waals surface area contributed by atoms with Crippen LogP contribution < -0.4 is 10.6 Å². The Morgan fingerprint density at radius 1 is 1.19 bits per heavy atom. The molecule has 0 aliphatic carbocycles. The van der Waals surface area contributed by atoms with E-state index in [0.29, 0.717) is 11.4 Å². The Balaban J connectivity index is 2.26. The second-order valence-corrected chi connectivity index (χ2v) is 5.61. The largest absolute Gasteiger partial charge is 0.388 e. The number of nitrogens with zero attached hydrogens (tertiary/aromatic N) is 1. The maximum absolute atomic E-state index is 11.0. The number of anilines is 2. The molecule has 0 saturated carbocycles. The Labute approximate surface area is 131 Å². The van der Waals surface area contributed by atoms with Gasteiger partial charge in [-0.1, -0.05) is 28.1 Å². The molecule has 0 radical (unpaired) electrons. The van der Waals surface area contributed by atoms with E-state index in [0.717, 1.165) is 10.0 Å². The Morgan fingerprint density at radius 2 is 1.90 bits per heavy atom. The topological polar surface area (TPSA) is 67.2 Å². The molecule has 2 aromatic rings. The summed E-state index contributed by atoms with van der Waals surface area (Å²) in [5, 5.41) is 17.2. The second-order valence-electron chi connectivity index (χ2n) is 4.70. The van der Waals surface area contributed by atoms with Crippen LogP contribution in [-0.2, 0) is 0 Å². The number of non-ortho nitro benzene ring substituents is 1. The molecule has 110 valence electrons. The molecule has 1 atom stereocenters. The van der Waals surface area contributed by atoms with E-state index in [1.54, 1.807) is 7.05 Å². The number of nitro benzene ring substituents is 1. The standard InChI is InChI=1S/C15H16BrN3O2/c1-10(11-4-3-5-12(16)6-11)18-14-7-13(17-2)8-15(9-14)19(20)21/h3-10,17-18H,1-2H3. The number of benzene rings is 2. The summed E-state index contributed by atoms with van der Waals surface area (Å²) in [7, 11) is 1.74. The van der Waals surface area contributed by atoms with Crippen LogP contribution in [-0.4, -0.2) is 12.0 Å². The lowest BCUT2D eigenvalue weighted by atomic mass is 10.1. The van der Waals surface area contributed by atoms with Crippen molar-refractivity contribution in [3.8, 4) is 0 Å². The average molecular weight is 350 g/mol. The molecule has 21 heavy (non-hydrogen) atoms. The number of nitrogens with one attached hydrogen (secondary N) is 2. The van der Waals surface area contributed by atoms with E-state index < -0.39 is 4.92 Å². The molecule has 0 aliphatic rings. The minimum absolute atomic E-state index is 0.0363. The monoisotopic (exact) mass is 349 g/mol. The maximum Gasteiger partial charge on any atom is 0.273 e. The number of rotatable bonds is 5. The number of halogens is 1. The normalized spacial score (nSPS) is 11.8. The number of hydrogen-bond acceptors (Lipinski definition) is 4. The Morgan fingerprint density at radius 3 is 2.52 bits per heavy atom. The predicted octanol–water partition coefficient (Wildman–Crippen LogP) is 4.57. The van der Waals surface area contributed by atoms with Crippen LogP contribution in [0.3, 0.4) is 0 Å². The highest BCUT2D eigenvalue weighted by Gasteiger charge is 2.12. The van der Waals surface area contributed by atoms with Crippen LogP contribution in [0.2, 0.25) is 0 Å². The highest BCUT2D eigenvalue weighted by Crippen LogP contribution is 2.27. The molecule has 0 fully saturated rings. The van der Waals surface area contributed by atoms with Crippen molar-refractivity contribution in [2.75, 3.05) is 17.7 Å². The summed E-state index contributed by atoms with van der Waals surface area (Å²) in [6, 6.07) is 12.9. The minimum atomic E-state index is -0.393. The Bertz CT molecular complexity index is 661. The fraction of sp³-hybridized carbons (Fsp3) is 0.200. The quantitative estimate of drug-likeness (QED) is 0.612. The fourth-order valence-corrected chi connectivity index (χ4v) is 2.47. The van der Waals surface area contributed by atoms with Crippen molar-refractivity contribution in [2.45, 2.75) is 13.0 Å². The molecule has 0 aliphatic heterocycles. The first-order valence-corrected chi connectivity index (χ1v) is 7.28. The Kier molecular flexibility index (Phi) is 4.80. The first kappa shape index (κ1) is 15.3. The lowest BCUT2D eigenvalue weighted by Gasteiger charge is -2.16. The van der Waals surface area contributed by atoms with Gasteiger partial charge in [-0.2, -0.15) is 0 Å². The molecule has 1 unspecified atom stereocenters. The van der Waals surface area contributed by atoms with Crippen molar-refractivity contribution in [3.05, 3.63) is 62.6 Å². The summed E-state index contributed by atoms with van der Waals surface area (Å²) in [6.45, 7) is 2.01. The van der Waals surface area contributed by atoms with Gasteiger partial charge in [-0.25, -0.2) is 0 Å². The summed E-state index contributed by atoms with van der Waals surface area (Å²) in [5.74, 6) is 0. The van der Waals surface area contributed by atoms with Crippen molar-refractivity contribution in [1.29, 1.82) is 0 Å². The maximum atomic E-state index is 11.0. The molecule has 6 heteroatoms. The zero-order chi connectivity index (χ0) is 15.4. The zero-order valence-corrected chi connectivity index (χ0v) is 13.3. The van der Waals surface area contributed by atoms with Crippen molar-refractivity contribution in [3.63, 3.8) is 0 Å². The van der Waals surface area contributed by atoms with Crippen molar-refractivity contribution in [2.24, 2.45) is 0 Å². The third-order valence-electron chi connectivity index (χ3n) is 3.15. The van der Waals surface area contributed by atoms with Crippen LogP contribution in [0, 0.1) is 10.1 Å². The summed E-state index contributed by atoms with van der Waals surface area (Å²) in [4.78, 5) is 10.6. The molecule has 2 N–H and O–H groups in total. The van der Waals surface area contributed by atoms with Gasteiger partial charge in [-0.3, -0.25) is 10.1 Å². The van der Waals surface area contributed by atoms with Gasteiger partial charge in [-0.15, -0.1) is 0 Å². The summed E-state index contributed by atoms with van der Waals surface area (Å²) >= 11 is 3.44. The summed E-state index contributed by atoms with van der Waals surface area (Å²) < 4.78 is 1.00. The fourth-order valence-electron chi connectivity index (χ4n) is 2.05. The second kappa shape index (κ2) is 6.58. The van der Waals surface area contributed by atoms with E-state index in [9.17, 15) is 10.1 Å². The smallest absolute Gasteiger partial charge is 0.273 e. The Hall–Kier alpha value is -2.08. The van der Waals surface area contributed by atoms with Gasteiger partial charge in [0.05, 0.1) is 4.92 Å². The lowest BCUT2D eigenvalue weighted by Crippen LogP contribution is -2.07. The van der Waals surface area contributed by atoms with E-state index in [1.807, 2.05) is 37.3 Å². The average Bonchev–Trinajstić information content (AvgIpc) is 2.46. The van der Waals surface area contributed by atoms with Crippen molar-refractivity contribution < 1.29 is 4.92 Å². The van der Waals surface area contributed by atoms with Gasteiger partial charge >= 0.3 is 0 Å². The van der Waals surface area contributed by atoms with Gasteiger partial charge in [0.15, 0.2) is 0 Å². The van der Waals surface area contributed by atoms with Crippen LogP contribution in [0.4, 0.5) is 17.1 Å². The van der Waals surface area contributed by atoms with Gasteiger partial charge in [0, 0.05) is 41.1 Å². The molecule has 0 spiro atoms. The third kappa shape index (κ3) is 3.95. The molecule has 0 bridgehead atoms. The summed E-state index contributed by atoms with van der Waals surface area (Å²) in [6.07, 6.45) is 0. The third-order valence-corrected chi connectivity index (χ3v) is 3.64. The molecule has 2 rings (SSSR count). The van der Waals surface area contributed by atoms with E-state index >= 15 is 0 Å². The zero-order valence-electron chi connectivity index (χ0n) is 11.8. The van der Waals surface area contributed by atoms with E-state index in [1.165, 1.54) is 12.1 Å². The molecule has 0 saturated heterocycles. The van der Waals surface area contributed by atoms with Crippen LogP contribution in [0.5, 0.6) is 0 Å². The highest BCUT2D eigenvalue weighted by atomic mass is 79.9. The van der Waals surface area contributed by atoms with Gasteiger partial charge in [0.2, 0.25) is 0 Å². The van der Waals surface area contributed by atoms with E-state index in [4.69, 9.17) is 0 Å². The SMILES string of the molecule is CNc1cc(NC(C)c2cccc(Br)c2)cc([N+](=O)[O-])c1. The van der Waals surface area contributed by atoms with Gasteiger partial charge < -0.3 is 10.6 Å². The predicted molar refractivity (Wildman–Crippen MR) is 88.8 cm³/mol. The highest BCUT2D eigenvalue weighted by molar-refractivity contribution is 9.10. The first-order valence-electron chi connectivity index (χ1n) is 6.49. The molecular formula is C15H16BrN3O2. The summed E-state index contributed by atoms with van der Waals surface area (Å²) in [5.41, 5.74) is 2.57. The van der Waals surface area contributed by atoms with E-state index in [2.05, 4.69) is 26.6 Å².